The molecule has 1 aromatic carbocycles. The summed E-state index contributed by atoms with van der Waals surface area (Å²) >= 11 is 0. The van der Waals surface area contributed by atoms with E-state index in [9.17, 15) is 15.2 Å². The standard InChI is InChI=1S/C13H17NO5/c1-18-9-6-7-12(10(8-9)14(16)17)19-13-5-3-2-4-11(13)15/h6-8,11,13,15H,2-5H2,1H3/t11-,13-/m1/s1. The van der Waals surface area contributed by atoms with Crippen molar-refractivity contribution in [2.45, 2.75) is 37.9 Å². The molecule has 0 aliphatic heterocycles. The molecule has 19 heavy (non-hydrogen) atoms. The van der Waals surface area contributed by atoms with Gasteiger partial charge in [0.15, 0.2) is 5.75 Å². The van der Waals surface area contributed by atoms with Gasteiger partial charge in [-0.25, -0.2) is 0 Å². The highest BCUT2D eigenvalue weighted by Gasteiger charge is 2.27. The summed E-state index contributed by atoms with van der Waals surface area (Å²) in [6.45, 7) is 0. The smallest absolute Gasteiger partial charge is 0.314 e. The Balaban J connectivity index is 2.21. The Bertz CT molecular complexity index is 462. The van der Waals surface area contributed by atoms with Gasteiger partial charge in [0.25, 0.3) is 0 Å². The normalized spacial score (nSPS) is 22.8. The summed E-state index contributed by atoms with van der Waals surface area (Å²) in [6.07, 6.45) is 2.38. The minimum Gasteiger partial charge on any atom is -0.496 e. The molecule has 2 rings (SSSR count). The molecule has 0 radical (unpaired) electrons. The number of hydrogen-bond acceptors (Lipinski definition) is 5. The van der Waals surface area contributed by atoms with Gasteiger partial charge >= 0.3 is 5.69 Å². The molecular weight excluding hydrogens is 250 g/mol. The first-order chi connectivity index (χ1) is 9.11. The summed E-state index contributed by atoms with van der Waals surface area (Å²) in [4.78, 5) is 10.5. The molecule has 0 heterocycles. The summed E-state index contributed by atoms with van der Waals surface area (Å²) in [7, 11) is 1.45. The first-order valence-corrected chi connectivity index (χ1v) is 6.29. The highest BCUT2D eigenvalue weighted by Crippen LogP contribution is 2.33. The van der Waals surface area contributed by atoms with Gasteiger partial charge in [0.1, 0.15) is 11.9 Å². The Morgan fingerprint density at radius 2 is 2.11 bits per heavy atom. The average molecular weight is 267 g/mol. The molecule has 0 amide bonds. The molecule has 6 nitrogen and oxygen atoms in total. The lowest BCUT2D eigenvalue weighted by molar-refractivity contribution is -0.386. The Morgan fingerprint density at radius 1 is 1.37 bits per heavy atom. The molecular formula is C13H17NO5. The van der Waals surface area contributed by atoms with Gasteiger partial charge < -0.3 is 14.6 Å². The van der Waals surface area contributed by atoms with Gasteiger partial charge in [-0.3, -0.25) is 10.1 Å². The van der Waals surface area contributed by atoms with Crippen LogP contribution in [0.4, 0.5) is 5.69 Å². The maximum absolute atomic E-state index is 11.0. The van der Waals surface area contributed by atoms with Crippen molar-refractivity contribution in [2.24, 2.45) is 0 Å². The van der Waals surface area contributed by atoms with Gasteiger partial charge in [0, 0.05) is 0 Å². The predicted octanol–water partition coefficient (Wildman–Crippen LogP) is 2.29. The van der Waals surface area contributed by atoms with Gasteiger partial charge in [-0.2, -0.15) is 0 Å². The number of ether oxygens (including phenoxy) is 2. The van der Waals surface area contributed by atoms with Crippen molar-refractivity contribution in [3.05, 3.63) is 28.3 Å². The minimum absolute atomic E-state index is 0.142. The fourth-order valence-corrected chi connectivity index (χ4v) is 2.24. The van der Waals surface area contributed by atoms with E-state index < -0.39 is 11.0 Å². The summed E-state index contributed by atoms with van der Waals surface area (Å²) in [6, 6.07) is 4.44. The van der Waals surface area contributed by atoms with Crippen molar-refractivity contribution in [3.8, 4) is 11.5 Å². The highest BCUT2D eigenvalue weighted by atomic mass is 16.6. The van der Waals surface area contributed by atoms with E-state index in [1.54, 1.807) is 6.07 Å². The van der Waals surface area contributed by atoms with Crippen molar-refractivity contribution in [1.29, 1.82) is 0 Å². The van der Waals surface area contributed by atoms with Crippen LogP contribution in [0.5, 0.6) is 11.5 Å². The summed E-state index contributed by atoms with van der Waals surface area (Å²) in [5.74, 6) is 0.583. The topological polar surface area (TPSA) is 81.8 Å². The molecule has 104 valence electrons. The van der Waals surface area contributed by atoms with E-state index in [1.165, 1.54) is 19.2 Å². The molecule has 0 aromatic heterocycles. The van der Waals surface area contributed by atoms with E-state index in [0.29, 0.717) is 18.6 Å². The summed E-state index contributed by atoms with van der Waals surface area (Å²) in [5, 5.41) is 20.9. The number of nitro groups is 1. The molecule has 0 bridgehead atoms. The Morgan fingerprint density at radius 3 is 2.74 bits per heavy atom. The van der Waals surface area contributed by atoms with Crippen molar-refractivity contribution >= 4 is 5.69 Å². The summed E-state index contributed by atoms with van der Waals surface area (Å²) in [5.41, 5.74) is -0.142. The molecule has 1 aliphatic carbocycles. The van der Waals surface area contributed by atoms with Crippen molar-refractivity contribution in [3.63, 3.8) is 0 Å². The second-order valence-corrected chi connectivity index (χ2v) is 4.60. The Kier molecular flexibility index (Phi) is 4.21. The van der Waals surface area contributed by atoms with Crippen molar-refractivity contribution in [2.75, 3.05) is 7.11 Å². The lowest BCUT2D eigenvalue weighted by Crippen LogP contribution is -2.34. The third kappa shape index (κ3) is 3.14. The number of benzene rings is 1. The molecule has 6 heteroatoms. The van der Waals surface area contributed by atoms with E-state index in [4.69, 9.17) is 9.47 Å². The van der Waals surface area contributed by atoms with E-state index in [-0.39, 0.29) is 17.5 Å². The molecule has 1 saturated carbocycles. The van der Waals surface area contributed by atoms with E-state index in [0.717, 1.165) is 12.8 Å². The van der Waals surface area contributed by atoms with Gasteiger partial charge in [-0.15, -0.1) is 0 Å². The lowest BCUT2D eigenvalue weighted by Gasteiger charge is -2.28. The number of aliphatic hydroxyl groups is 1. The Hall–Kier alpha value is -1.82. The molecule has 1 fully saturated rings. The van der Waals surface area contributed by atoms with Crippen LogP contribution in [0.15, 0.2) is 18.2 Å². The second kappa shape index (κ2) is 5.88. The number of nitro benzene ring substituents is 1. The zero-order valence-corrected chi connectivity index (χ0v) is 10.7. The molecule has 1 N–H and O–H groups in total. The maximum atomic E-state index is 11.0. The van der Waals surface area contributed by atoms with Crippen LogP contribution in [0.2, 0.25) is 0 Å². The van der Waals surface area contributed by atoms with E-state index in [1.807, 2.05) is 0 Å². The van der Waals surface area contributed by atoms with Crippen molar-refractivity contribution < 1.29 is 19.5 Å². The van der Waals surface area contributed by atoms with E-state index in [2.05, 4.69) is 0 Å². The largest absolute Gasteiger partial charge is 0.496 e. The van der Waals surface area contributed by atoms with Crippen LogP contribution in [0.3, 0.4) is 0 Å². The quantitative estimate of drug-likeness (QED) is 0.668. The van der Waals surface area contributed by atoms with Gasteiger partial charge in [0.05, 0.1) is 24.2 Å². The third-order valence-electron chi connectivity index (χ3n) is 3.31. The van der Waals surface area contributed by atoms with Gasteiger partial charge in [-0.1, -0.05) is 6.42 Å². The zero-order valence-electron chi connectivity index (χ0n) is 10.7. The Labute approximate surface area is 111 Å². The lowest BCUT2D eigenvalue weighted by atomic mass is 9.95. The van der Waals surface area contributed by atoms with E-state index >= 15 is 0 Å². The van der Waals surface area contributed by atoms with Crippen LogP contribution in [0.25, 0.3) is 0 Å². The highest BCUT2D eigenvalue weighted by molar-refractivity contribution is 5.51. The van der Waals surface area contributed by atoms with Gasteiger partial charge in [0.2, 0.25) is 0 Å². The molecule has 1 aliphatic rings. The monoisotopic (exact) mass is 267 g/mol. The number of hydrogen-bond donors (Lipinski definition) is 1. The zero-order chi connectivity index (χ0) is 13.8. The SMILES string of the molecule is COc1ccc(O[C@@H]2CCCC[C@H]2O)c([N+](=O)[O-])c1. The summed E-state index contributed by atoms with van der Waals surface area (Å²) < 4.78 is 10.6. The molecule has 2 atom stereocenters. The first-order valence-electron chi connectivity index (χ1n) is 6.29. The number of nitrogens with zero attached hydrogens (tertiary/aromatic N) is 1. The van der Waals surface area contributed by atoms with Gasteiger partial charge in [-0.05, 0) is 31.4 Å². The number of rotatable bonds is 4. The van der Waals surface area contributed by atoms with Crippen LogP contribution in [0, 0.1) is 10.1 Å². The first kappa shape index (κ1) is 13.6. The van der Waals surface area contributed by atoms with Crippen LogP contribution in [0.1, 0.15) is 25.7 Å². The fraction of sp³-hybridized carbons (Fsp3) is 0.538. The molecule has 0 spiro atoms. The molecule has 0 saturated heterocycles. The minimum atomic E-state index is -0.560. The van der Waals surface area contributed by atoms with Crippen LogP contribution in [-0.2, 0) is 0 Å². The number of aliphatic hydroxyl groups excluding tert-OH is 1. The van der Waals surface area contributed by atoms with Crippen molar-refractivity contribution in [1.82, 2.24) is 0 Å². The van der Waals surface area contributed by atoms with Crippen LogP contribution >= 0.6 is 0 Å². The van der Waals surface area contributed by atoms with Crippen LogP contribution in [-0.4, -0.2) is 29.3 Å². The average Bonchev–Trinajstić information content (AvgIpc) is 2.41. The number of methoxy groups -OCH3 is 1. The fourth-order valence-electron chi connectivity index (χ4n) is 2.24. The third-order valence-corrected chi connectivity index (χ3v) is 3.31. The molecule has 0 unspecified atom stereocenters. The predicted molar refractivity (Wildman–Crippen MR) is 68.5 cm³/mol. The van der Waals surface area contributed by atoms with Crippen LogP contribution < -0.4 is 9.47 Å². The molecule has 1 aromatic rings. The maximum Gasteiger partial charge on any atom is 0.314 e. The second-order valence-electron chi connectivity index (χ2n) is 4.60.